The molecule has 0 atom stereocenters. The first-order chi connectivity index (χ1) is 11.9. The topological polar surface area (TPSA) is 55.8 Å². The molecule has 0 N–H and O–H groups in total. The van der Waals surface area contributed by atoms with Crippen LogP contribution < -0.4 is 4.74 Å². The van der Waals surface area contributed by atoms with Gasteiger partial charge in [0, 0.05) is 29.7 Å². The van der Waals surface area contributed by atoms with E-state index in [4.69, 9.17) is 32.7 Å². The number of ether oxygens (including phenoxy) is 2. The Kier molecular flexibility index (Phi) is 6.67. The second-order valence-corrected chi connectivity index (χ2v) is 6.23. The summed E-state index contributed by atoms with van der Waals surface area (Å²) < 4.78 is 10.7. The Morgan fingerprint density at radius 1 is 1.08 bits per heavy atom. The summed E-state index contributed by atoms with van der Waals surface area (Å²) in [7, 11) is 3.17. The average Bonchev–Trinajstić information content (AvgIpc) is 2.58. The molecule has 132 valence electrons. The zero-order chi connectivity index (χ0) is 18.4. The fourth-order valence-electron chi connectivity index (χ4n) is 1.89. The summed E-state index contributed by atoms with van der Waals surface area (Å²) >= 11 is 12.0. The molecular formula is C18H17Cl2NO4. The van der Waals surface area contributed by atoms with Gasteiger partial charge in [-0.3, -0.25) is 4.79 Å². The lowest BCUT2D eigenvalue weighted by atomic mass is 10.2. The molecule has 0 aliphatic rings. The van der Waals surface area contributed by atoms with E-state index < -0.39 is 5.97 Å². The van der Waals surface area contributed by atoms with Crippen LogP contribution in [0.5, 0.6) is 5.75 Å². The summed E-state index contributed by atoms with van der Waals surface area (Å²) in [4.78, 5) is 25.1. The molecule has 0 aliphatic carbocycles. The van der Waals surface area contributed by atoms with Crippen LogP contribution in [0, 0.1) is 0 Å². The maximum Gasteiger partial charge on any atom is 0.342 e. The lowest BCUT2D eigenvalue weighted by Gasteiger charge is -2.13. The Balaban J connectivity index is 2.07. The summed E-state index contributed by atoms with van der Waals surface area (Å²) in [6.07, 6.45) is 0. The van der Waals surface area contributed by atoms with E-state index in [0.29, 0.717) is 15.8 Å². The third-order valence-electron chi connectivity index (χ3n) is 3.33. The quantitative estimate of drug-likeness (QED) is 0.713. The molecule has 0 heterocycles. The van der Waals surface area contributed by atoms with Gasteiger partial charge in [0.05, 0.1) is 0 Å². The van der Waals surface area contributed by atoms with Crippen LogP contribution in [0.15, 0.2) is 42.5 Å². The number of hydrogen-bond acceptors (Lipinski definition) is 4. The van der Waals surface area contributed by atoms with Crippen molar-refractivity contribution < 1.29 is 19.1 Å². The number of para-hydroxylation sites is 1. The Bertz CT molecular complexity index is 777. The van der Waals surface area contributed by atoms with Crippen molar-refractivity contribution in [2.24, 2.45) is 0 Å². The molecule has 7 heteroatoms. The smallest absolute Gasteiger partial charge is 0.342 e. The van der Waals surface area contributed by atoms with Gasteiger partial charge in [-0.25, -0.2) is 4.79 Å². The summed E-state index contributed by atoms with van der Waals surface area (Å²) in [5.74, 6) is -0.594. The van der Waals surface area contributed by atoms with E-state index in [1.807, 2.05) is 0 Å². The highest BCUT2D eigenvalue weighted by atomic mass is 35.5. The Morgan fingerprint density at radius 2 is 1.80 bits per heavy atom. The van der Waals surface area contributed by atoms with Crippen molar-refractivity contribution >= 4 is 35.1 Å². The molecule has 25 heavy (non-hydrogen) atoms. The van der Waals surface area contributed by atoms with E-state index in [9.17, 15) is 9.59 Å². The monoisotopic (exact) mass is 381 g/mol. The molecule has 0 unspecified atom stereocenters. The molecule has 5 nitrogen and oxygen atoms in total. The van der Waals surface area contributed by atoms with Gasteiger partial charge in [-0.1, -0.05) is 41.4 Å². The van der Waals surface area contributed by atoms with E-state index in [1.165, 1.54) is 4.90 Å². The first-order valence-corrected chi connectivity index (χ1v) is 8.17. The van der Waals surface area contributed by atoms with Crippen LogP contribution in [0.2, 0.25) is 10.0 Å². The molecule has 0 aliphatic heterocycles. The van der Waals surface area contributed by atoms with E-state index in [1.54, 1.807) is 56.6 Å². The summed E-state index contributed by atoms with van der Waals surface area (Å²) in [6.45, 7) is -0.167. The number of likely N-dealkylation sites (N-methyl/N-ethyl adjacent to an activating group) is 1. The minimum atomic E-state index is -0.631. The molecule has 0 aromatic heterocycles. The highest BCUT2D eigenvalue weighted by Crippen LogP contribution is 2.24. The van der Waals surface area contributed by atoms with E-state index >= 15 is 0 Å². The minimum absolute atomic E-state index is 0.164. The molecule has 0 fully saturated rings. The van der Waals surface area contributed by atoms with E-state index in [2.05, 4.69) is 0 Å². The number of hydrogen-bond donors (Lipinski definition) is 0. The van der Waals surface area contributed by atoms with Crippen LogP contribution in [0.1, 0.15) is 15.9 Å². The van der Waals surface area contributed by atoms with Gasteiger partial charge in [0.15, 0.2) is 6.61 Å². The van der Waals surface area contributed by atoms with Gasteiger partial charge in [-0.15, -0.1) is 0 Å². The Morgan fingerprint density at radius 3 is 2.48 bits per heavy atom. The predicted molar refractivity (Wildman–Crippen MR) is 96.2 cm³/mol. The van der Waals surface area contributed by atoms with Gasteiger partial charge in [0.1, 0.15) is 17.9 Å². The molecule has 2 aromatic rings. The number of benzene rings is 2. The first kappa shape index (κ1) is 19.1. The van der Waals surface area contributed by atoms with Crippen LogP contribution in [0.25, 0.3) is 0 Å². The van der Waals surface area contributed by atoms with Crippen LogP contribution >= 0.6 is 23.2 Å². The molecular weight excluding hydrogens is 365 g/mol. The summed E-state index contributed by atoms with van der Waals surface area (Å²) in [6, 6.07) is 11.7. The number of nitrogens with zero attached hydrogens (tertiary/aromatic N) is 1. The van der Waals surface area contributed by atoms with Crippen molar-refractivity contribution in [1.82, 2.24) is 4.90 Å². The van der Waals surface area contributed by atoms with E-state index in [-0.39, 0.29) is 24.7 Å². The maximum absolute atomic E-state index is 12.2. The molecule has 0 spiro atoms. The highest BCUT2D eigenvalue weighted by molar-refractivity contribution is 6.35. The zero-order valence-corrected chi connectivity index (χ0v) is 15.3. The fraction of sp³-hybridized carbons (Fsp3) is 0.222. The number of rotatable bonds is 6. The van der Waals surface area contributed by atoms with Crippen molar-refractivity contribution in [3.63, 3.8) is 0 Å². The van der Waals surface area contributed by atoms with Gasteiger partial charge < -0.3 is 14.4 Å². The third kappa shape index (κ3) is 5.37. The lowest BCUT2D eigenvalue weighted by molar-refractivity contribution is -0.131. The molecule has 2 rings (SSSR count). The van der Waals surface area contributed by atoms with Crippen LogP contribution in [0.3, 0.4) is 0 Å². The molecule has 0 radical (unpaired) electrons. The SMILES string of the molecule is CN(C)C(=O)COC(=O)c1ccccc1OCc1ccc(Cl)cc1Cl. The largest absolute Gasteiger partial charge is 0.488 e. The number of esters is 1. The van der Waals surface area contributed by atoms with Crippen LogP contribution in [-0.4, -0.2) is 37.5 Å². The summed E-state index contributed by atoms with van der Waals surface area (Å²) in [5, 5.41) is 1.01. The molecule has 0 saturated carbocycles. The van der Waals surface area contributed by atoms with Crippen molar-refractivity contribution in [3.8, 4) is 5.75 Å². The zero-order valence-electron chi connectivity index (χ0n) is 13.8. The van der Waals surface area contributed by atoms with Crippen LogP contribution in [-0.2, 0) is 16.1 Å². The second-order valence-electron chi connectivity index (χ2n) is 5.38. The Hall–Kier alpha value is -2.24. The number of carbonyl (C=O) groups is 2. The van der Waals surface area contributed by atoms with Gasteiger partial charge in [-0.2, -0.15) is 0 Å². The fourth-order valence-corrected chi connectivity index (χ4v) is 2.35. The first-order valence-electron chi connectivity index (χ1n) is 7.41. The Labute approximate surface area is 156 Å². The predicted octanol–water partition coefficient (Wildman–Crippen LogP) is 3.82. The number of amides is 1. The van der Waals surface area contributed by atoms with Crippen molar-refractivity contribution in [2.45, 2.75) is 6.61 Å². The number of carbonyl (C=O) groups excluding carboxylic acids is 2. The normalized spacial score (nSPS) is 10.2. The average molecular weight is 382 g/mol. The van der Waals surface area contributed by atoms with Gasteiger partial charge >= 0.3 is 5.97 Å². The molecule has 1 amide bonds. The third-order valence-corrected chi connectivity index (χ3v) is 3.92. The standard InChI is InChI=1S/C18H17Cl2NO4/c1-21(2)17(22)11-25-18(23)14-5-3-4-6-16(14)24-10-12-7-8-13(19)9-15(12)20/h3-9H,10-11H2,1-2H3. The highest BCUT2D eigenvalue weighted by Gasteiger charge is 2.16. The van der Waals surface area contributed by atoms with E-state index in [0.717, 1.165) is 5.56 Å². The minimum Gasteiger partial charge on any atom is -0.488 e. The van der Waals surface area contributed by atoms with Crippen LogP contribution in [0.4, 0.5) is 0 Å². The van der Waals surface area contributed by atoms with Crippen molar-refractivity contribution in [3.05, 3.63) is 63.6 Å². The molecule has 2 aromatic carbocycles. The molecule has 0 saturated heterocycles. The molecule has 0 bridgehead atoms. The second kappa shape index (κ2) is 8.74. The van der Waals surface area contributed by atoms with Crippen molar-refractivity contribution in [1.29, 1.82) is 0 Å². The lowest BCUT2D eigenvalue weighted by Crippen LogP contribution is -2.27. The maximum atomic E-state index is 12.2. The number of halogens is 2. The summed E-state index contributed by atoms with van der Waals surface area (Å²) in [5.41, 5.74) is 0.969. The van der Waals surface area contributed by atoms with Gasteiger partial charge in [0.2, 0.25) is 0 Å². The van der Waals surface area contributed by atoms with Gasteiger partial charge in [0.25, 0.3) is 5.91 Å². The van der Waals surface area contributed by atoms with Crippen molar-refractivity contribution in [2.75, 3.05) is 20.7 Å². The van der Waals surface area contributed by atoms with Gasteiger partial charge in [-0.05, 0) is 24.3 Å².